The molecule has 0 fully saturated rings. The van der Waals surface area contributed by atoms with Gasteiger partial charge in [0, 0.05) is 46.8 Å². The van der Waals surface area contributed by atoms with E-state index in [0.717, 1.165) is 9.35 Å². The molecule has 0 radical (unpaired) electrons. The third-order valence-corrected chi connectivity index (χ3v) is 4.24. The summed E-state index contributed by atoms with van der Waals surface area (Å²) >= 11 is 4.98. The number of hydrogen-bond donors (Lipinski definition) is 0. The number of likely N-dealkylation sites (N-methyl/N-ethyl adjacent to an activating group) is 1. The highest BCUT2D eigenvalue weighted by Crippen LogP contribution is 2.20. The average Bonchev–Trinajstić information content (AvgIpc) is 3.04. The molecule has 0 spiro atoms. The second-order valence-electron chi connectivity index (χ2n) is 4.03. The fourth-order valence-corrected chi connectivity index (χ4v) is 2.83. The highest BCUT2D eigenvalue weighted by atomic mass is 79.9. The summed E-state index contributed by atoms with van der Waals surface area (Å²) in [4.78, 5) is 14.6. The van der Waals surface area contributed by atoms with E-state index in [1.165, 1.54) is 0 Å². The monoisotopic (exact) mass is 339 g/mol. The van der Waals surface area contributed by atoms with Crippen LogP contribution in [0.15, 0.2) is 40.5 Å². The molecular formula is C13H14BrN3OS. The Hall–Kier alpha value is -1.40. The van der Waals surface area contributed by atoms with Crippen molar-refractivity contribution >= 4 is 39.2 Å². The van der Waals surface area contributed by atoms with Gasteiger partial charge in [0.05, 0.1) is 6.54 Å². The summed E-state index contributed by atoms with van der Waals surface area (Å²) in [5, 5.41) is 6.09. The summed E-state index contributed by atoms with van der Waals surface area (Å²) in [5.41, 5.74) is 0. The maximum atomic E-state index is 11.9. The van der Waals surface area contributed by atoms with Crippen molar-refractivity contribution in [2.75, 3.05) is 13.6 Å². The molecule has 0 atom stereocenters. The lowest BCUT2D eigenvalue weighted by Crippen LogP contribution is -2.28. The minimum atomic E-state index is -0.00308. The summed E-state index contributed by atoms with van der Waals surface area (Å²) in [6, 6.07) is 3.86. The highest BCUT2D eigenvalue weighted by molar-refractivity contribution is 9.10. The fraction of sp³-hybridized carbons (Fsp3) is 0.231. The Morgan fingerprint density at radius 2 is 2.47 bits per heavy atom. The number of carbonyl (C=O) groups is 1. The molecule has 0 saturated heterocycles. The van der Waals surface area contributed by atoms with Crippen LogP contribution < -0.4 is 0 Å². The van der Waals surface area contributed by atoms with Gasteiger partial charge in [-0.1, -0.05) is 0 Å². The maximum absolute atomic E-state index is 11.9. The summed E-state index contributed by atoms with van der Waals surface area (Å²) < 4.78 is 2.85. The van der Waals surface area contributed by atoms with E-state index < -0.39 is 0 Å². The van der Waals surface area contributed by atoms with Crippen LogP contribution in [0.25, 0.3) is 6.08 Å². The number of halogens is 1. The SMILES string of the molecule is CN(CCn1cccn1)C(=O)/C=C/c1cc(Br)cs1. The van der Waals surface area contributed by atoms with E-state index in [2.05, 4.69) is 21.0 Å². The quantitative estimate of drug-likeness (QED) is 0.785. The number of rotatable bonds is 5. The second kappa shape index (κ2) is 6.68. The van der Waals surface area contributed by atoms with Gasteiger partial charge in [0.25, 0.3) is 0 Å². The van der Waals surface area contributed by atoms with Gasteiger partial charge in [-0.05, 0) is 34.1 Å². The van der Waals surface area contributed by atoms with Gasteiger partial charge < -0.3 is 4.90 Å². The lowest BCUT2D eigenvalue weighted by molar-refractivity contribution is -0.124. The number of nitrogens with zero attached hydrogens (tertiary/aromatic N) is 3. The third-order valence-electron chi connectivity index (χ3n) is 2.58. The summed E-state index contributed by atoms with van der Waals surface area (Å²) in [6.45, 7) is 1.34. The van der Waals surface area contributed by atoms with E-state index in [9.17, 15) is 4.79 Å². The molecule has 2 aromatic rings. The Morgan fingerprint density at radius 1 is 1.63 bits per heavy atom. The number of aromatic nitrogens is 2. The first-order chi connectivity index (χ1) is 9.15. The second-order valence-corrected chi connectivity index (χ2v) is 5.89. The van der Waals surface area contributed by atoms with Gasteiger partial charge in [0.2, 0.25) is 5.91 Å². The van der Waals surface area contributed by atoms with Gasteiger partial charge in [-0.25, -0.2) is 0 Å². The zero-order valence-corrected chi connectivity index (χ0v) is 12.9. The minimum Gasteiger partial charge on any atom is -0.340 e. The molecule has 4 nitrogen and oxygen atoms in total. The van der Waals surface area contributed by atoms with E-state index in [1.54, 1.807) is 35.6 Å². The molecule has 0 aliphatic rings. The highest BCUT2D eigenvalue weighted by Gasteiger charge is 2.05. The Bertz CT molecular complexity index is 562. The van der Waals surface area contributed by atoms with Crippen LogP contribution in [-0.2, 0) is 11.3 Å². The molecule has 0 aromatic carbocycles. The van der Waals surface area contributed by atoms with Gasteiger partial charge in [0.1, 0.15) is 0 Å². The maximum Gasteiger partial charge on any atom is 0.246 e. The Labute approximate surface area is 124 Å². The lowest BCUT2D eigenvalue weighted by atomic mass is 10.4. The standard InChI is InChI=1S/C13H14BrN3OS/c1-16(7-8-17-6-2-5-15-17)13(18)4-3-12-9-11(14)10-19-12/h2-6,9-10H,7-8H2,1H3/b4-3+. The van der Waals surface area contributed by atoms with Crippen molar-refractivity contribution in [2.24, 2.45) is 0 Å². The summed E-state index contributed by atoms with van der Waals surface area (Å²) in [5.74, 6) is -0.00308. The van der Waals surface area contributed by atoms with Gasteiger partial charge in [0.15, 0.2) is 0 Å². The fourth-order valence-electron chi connectivity index (χ4n) is 1.49. The van der Waals surface area contributed by atoms with Crippen molar-refractivity contribution in [3.05, 3.63) is 45.3 Å². The molecule has 2 heterocycles. The van der Waals surface area contributed by atoms with Gasteiger partial charge in [-0.3, -0.25) is 9.48 Å². The van der Waals surface area contributed by atoms with E-state index in [0.29, 0.717) is 13.1 Å². The molecule has 0 aliphatic heterocycles. The van der Waals surface area contributed by atoms with E-state index in [1.807, 2.05) is 34.5 Å². The molecule has 6 heteroatoms. The minimum absolute atomic E-state index is 0.00308. The number of amides is 1. The molecule has 0 saturated carbocycles. The normalized spacial score (nSPS) is 11.1. The average molecular weight is 340 g/mol. The smallest absolute Gasteiger partial charge is 0.246 e. The van der Waals surface area contributed by atoms with Crippen molar-refractivity contribution in [1.29, 1.82) is 0 Å². The van der Waals surface area contributed by atoms with Crippen LogP contribution in [0, 0.1) is 0 Å². The van der Waals surface area contributed by atoms with E-state index >= 15 is 0 Å². The summed E-state index contributed by atoms with van der Waals surface area (Å²) in [6.07, 6.45) is 7.05. The first-order valence-corrected chi connectivity index (χ1v) is 7.47. The molecule has 0 unspecified atom stereocenters. The first kappa shape index (κ1) is 14.0. The largest absolute Gasteiger partial charge is 0.340 e. The van der Waals surface area contributed by atoms with Crippen LogP contribution >= 0.6 is 27.3 Å². The molecule has 0 N–H and O–H groups in total. The molecule has 1 amide bonds. The molecule has 100 valence electrons. The van der Waals surface area contributed by atoms with Crippen LogP contribution in [0.3, 0.4) is 0 Å². The lowest BCUT2D eigenvalue weighted by Gasteiger charge is -2.14. The topological polar surface area (TPSA) is 38.1 Å². The Morgan fingerprint density at radius 3 is 3.11 bits per heavy atom. The third kappa shape index (κ3) is 4.33. The Kier molecular flexibility index (Phi) is 4.93. The van der Waals surface area contributed by atoms with E-state index in [4.69, 9.17) is 0 Å². The summed E-state index contributed by atoms with van der Waals surface area (Å²) in [7, 11) is 1.79. The molecule has 2 aromatic heterocycles. The molecule has 19 heavy (non-hydrogen) atoms. The van der Waals surface area contributed by atoms with Crippen molar-refractivity contribution < 1.29 is 4.79 Å². The number of thiophene rings is 1. The van der Waals surface area contributed by atoms with Crippen molar-refractivity contribution in [2.45, 2.75) is 6.54 Å². The molecule has 2 rings (SSSR count). The van der Waals surface area contributed by atoms with Gasteiger partial charge in [-0.2, -0.15) is 5.10 Å². The zero-order chi connectivity index (χ0) is 13.7. The van der Waals surface area contributed by atoms with Crippen molar-refractivity contribution in [1.82, 2.24) is 14.7 Å². The van der Waals surface area contributed by atoms with Crippen LogP contribution in [0.4, 0.5) is 0 Å². The zero-order valence-electron chi connectivity index (χ0n) is 10.5. The van der Waals surface area contributed by atoms with Gasteiger partial charge >= 0.3 is 0 Å². The number of hydrogen-bond acceptors (Lipinski definition) is 3. The van der Waals surface area contributed by atoms with E-state index in [-0.39, 0.29) is 5.91 Å². The van der Waals surface area contributed by atoms with Crippen LogP contribution in [0.2, 0.25) is 0 Å². The Balaban J connectivity index is 1.83. The predicted octanol–water partition coefficient (Wildman–Crippen LogP) is 2.88. The number of carbonyl (C=O) groups excluding carboxylic acids is 1. The predicted molar refractivity (Wildman–Crippen MR) is 80.9 cm³/mol. The van der Waals surface area contributed by atoms with Crippen molar-refractivity contribution in [3.8, 4) is 0 Å². The molecule has 0 bridgehead atoms. The van der Waals surface area contributed by atoms with Crippen molar-refractivity contribution in [3.63, 3.8) is 0 Å². The molecular weight excluding hydrogens is 326 g/mol. The molecule has 0 aliphatic carbocycles. The first-order valence-electron chi connectivity index (χ1n) is 5.80. The van der Waals surface area contributed by atoms with Gasteiger partial charge in [-0.15, -0.1) is 11.3 Å². The van der Waals surface area contributed by atoms with Crippen LogP contribution in [0.1, 0.15) is 4.88 Å². The van der Waals surface area contributed by atoms with Crippen LogP contribution in [-0.4, -0.2) is 34.2 Å². The van der Waals surface area contributed by atoms with Crippen LogP contribution in [0.5, 0.6) is 0 Å².